The van der Waals surface area contributed by atoms with Crippen LogP contribution in [0.2, 0.25) is 0 Å². The van der Waals surface area contributed by atoms with Gasteiger partial charge in [0.2, 0.25) is 0 Å². The fraction of sp³-hybridized carbons (Fsp3) is 0. The summed E-state index contributed by atoms with van der Waals surface area (Å²) in [5.41, 5.74) is 1.88. The van der Waals surface area contributed by atoms with Crippen LogP contribution in [0.1, 0.15) is 5.56 Å². The Morgan fingerprint density at radius 3 is 2.62 bits per heavy atom. The van der Waals surface area contributed by atoms with Gasteiger partial charge in [-0.2, -0.15) is 0 Å². The maximum atomic E-state index is 3.93. The molecule has 64 valence electrons. The summed E-state index contributed by atoms with van der Waals surface area (Å²) in [6.07, 6.45) is 3.41. The molecule has 0 saturated heterocycles. The Morgan fingerprint density at radius 2 is 2.00 bits per heavy atom. The Kier molecular flexibility index (Phi) is 1.92. The van der Waals surface area contributed by atoms with Crippen molar-refractivity contribution in [3.05, 3.63) is 54.9 Å². The van der Waals surface area contributed by atoms with Gasteiger partial charge in [-0.3, -0.25) is 0 Å². The van der Waals surface area contributed by atoms with Crippen molar-refractivity contribution in [3.8, 4) is 0 Å². The number of hydrogen-bond donors (Lipinski definition) is 0. The van der Waals surface area contributed by atoms with Crippen LogP contribution in [0.25, 0.3) is 5.70 Å². The number of nitrogens with zero attached hydrogens (tertiary/aromatic N) is 3. The summed E-state index contributed by atoms with van der Waals surface area (Å²) >= 11 is 0. The monoisotopic (exact) mass is 171 g/mol. The molecule has 2 rings (SSSR count). The Morgan fingerprint density at radius 1 is 1.23 bits per heavy atom. The van der Waals surface area contributed by atoms with Gasteiger partial charge in [-0.1, -0.05) is 42.1 Å². The van der Waals surface area contributed by atoms with E-state index in [1.807, 2.05) is 30.3 Å². The molecule has 0 saturated carbocycles. The highest BCUT2D eigenvalue weighted by molar-refractivity contribution is 5.62. The first-order valence-corrected chi connectivity index (χ1v) is 3.99. The summed E-state index contributed by atoms with van der Waals surface area (Å²) in [4.78, 5) is 0. The van der Waals surface area contributed by atoms with Crippen LogP contribution in [0.5, 0.6) is 0 Å². The van der Waals surface area contributed by atoms with Crippen molar-refractivity contribution < 1.29 is 0 Å². The largest absolute Gasteiger partial charge is 0.221 e. The SMILES string of the molecule is C=C(c1ccccc1)n1ccnn1. The molecule has 0 aliphatic heterocycles. The molecule has 0 aliphatic carbocycles. The average Bonchev–Trinajstić information content (AvgIpc) is 2.71. The lowest BCUT2D eigenvalue weighted by Crippen LogP contribution is -1.97. The van der Waals surface area contributed by atoms with Crippen molar-refractivity contribution in [1.82, 2.24) is 15.0 Å². The van der Waals surface area contributed by atoms with Crippen molar-refractivity contribution >= 4 is 5.70 Å². The van der Waals surface area contributed by atoms with Crippen LogP contribution in [-0.2, 0) is 0 Å². The van der Waals surface area contributed by atoms with Crippen molar-refractivity contribution in [2.24, 2.45) is 0 Å². The van der Waals surface area contributed by atoms with Gasteiger partial charge in [0.05, 0.1) is 18.1 Å². The topological polar surface area (TPSA) is 30.7 Å². The number of benzene rings is 1. The minimum atomic E-state index is 0.832. The fourth-order valence-electron chi connectivity index (χ4n) is 1.11. The summed E-state index contributed by atoms with van der Waals surface area (Å²) in [6.45, 7) is 3.93. The molecule has 0 fully saturated rings. The third-order valence-electron chi connectivity index (χ3n) is 1.81. The molecule has 1 aromatic carbocycles. The fourth-order valence-corrected chi connectivity index (χ4v) is 1.11. The van der Waals surface area contributed by atoms with E-state index in [4.69, 9.17) is 0 Å². The number of hydrogen-bond acceptors (Lipinski definition) is 2. The van der Waals surface area contributed by atoms with Crippen LogP contribution in [-0.4, -0.2) is 15.0 Å². The molecule has 0 spiro atoms. The second kappa shape index (κ2) is 3.23. The Balaban J connectivity index is 2.34. The average molecular weight is 171 g/mol. The molecule has 0 radical (unpaired) electrons. The smallest absolute Gasteiger partial charge is 0.0697 e. The lowest BCUT2D eigenvalue weighted by Gasteiger charge is -2.03. The van der Waals surface area contributed by atoms with E-state index in [-0.39, 0.29) is 0 Å². The summed E-state index contributed by atoms with van der Waals surface area (Å²) in [6, 6.07) is 9.89. The molecule has 0 atom stereocenters. The third-order valence-corrected chi connectivity index (χ3v) is 1.81. The Bertz CT molecular complexity index is 389. The quantitative estimate of drug-likeness (QED) is 0.689. The van der Waals surface area contributed by atoms with Gasteiger partial charge in [0.1, 0.15) is 0 Å². The van der Waals surface area contributed by atoms with E-state index in [0.29, 0.717) is 0 Å². The predicted molar refractivity (Wildman–Crippen MR) is 50.9 cm³/mol. The van der Waals surface area contributed by atoms with Crippen molar-refractivity contribution in [3.63, 3.8) is 0 Å². The zero-order chi connectivity index (χ0) is 9.10. The van der Waals surface area contributed by atoms with E-state index in [1.165, 1.54) is 0 Å². The number of rotatable bonds is 2. The zero-order valence-corrected chi connectivity index (χ0v) is 7.09. The maximum Gasteiger partial charge on any atom is 0.0697 e. The lowest BCUT2D eigenvalue weighted by molar-refractivity contribution is 0.822. The van der Waals surface area contributed by atoms with Gasteiger partial charge < -0.3 is 0 Å². The molecular weight excluding hydrogens is 162 g/mol. The van der Waals surface area contributed by atoms with Crippen LogP contribution < -0.4 is 0 Å². The van der Waals surface area contributed by atoms with E-state index < -0.39 is 0 Å². The minimum Gasteiger partial charge on any atom is -0.221 e. The van der Waals surface area contributed by atoms with E-state index in [1.54, 1.807) is 17.1 Å². The molecular formula is C10H9N3. The van der Waals surface area contributed by atoms with Crippen molar-refractivity contribution in [2.75, 3.05) is 0 Å². The van der Waals surface area contributed by atoms with E-state index in [0.717, 1.165) is 11.3 Å². The van der Waals surface area contributed by atoms with Crippen LogP contribution in [0, 0.1) is 0 Å². The van der Waals surface area contributed by atoms with Gasteiger partial charge in [-0.25, -0.2) is 4.68 Å². The first-order valence-electron chi connectivity index (χ1n) is 3.99. The number of aromatic nitrogens is 3. The van der Waals surface area contributed by atoms with Gasteiger partial charge in [0.25, 0.3) is 0 Å². The van der Waals surface area contributed by atoms with Gasteiger partial charge in [-0.05, 0) is 5.56 Å². The van der Waals surface area contributed by atoms with Crippen molar-refractivity contribution in [2.45, 2.75) is 0 Å². The Hall–Kier alpha value is -1.90. The molecule has 3 nitrogen and oxygen atoms in total. The second-order valence-corrected chi connectivity index (χ2v) is 2.66. The molecule has 0 amide bonds. The zero-order valence-electron chi connectivity index (χ0n) is 7.09. The second-order valence-electron chi connectivity index (χ2n) is 2.66. The maximum absolute atomic E-state index is 3.93. The van der Waals surface area contributed by atoms with Crippen LogP contribution in [0.4, 0.5) is 0 Å². The summed E-state index contributed by atoms with van der Waals surface area (Å²) in [5, 5.41) is 7.58. The first kappa shape index (κ1) is 7.73. The third kappa shape index (κ3) is 1.49. The minimum absolute atomic E-state index is 0.832. The molecule has 2 aromatic rings. The van der Waals surface area contributed by atoms with E-state index in [2.05, 4.69) is 16.9 Å². The molecule has 0 aliphatic rings. The van der Waals surface area contributed by atoms with Gasteiger partial charge in [0.15, 0.2) is 0 Å². The summed E-state index contributed by atoms with van der Waals surface area (Å²) < 4.78 is 1.65. The van der Waals surface area contributed by atoms with Crippen LogP contribution >= 0.6 is 0 Å². The van der Waals surface area contributed by atoms with Gasteiger partial charge >= 0.3 is 0 Å². The molecule has 3 heteroatoms. The first-order chi connectivity index (χ1) is 6.38. The lowest BCUT2D eigenvalue weighted by atomic mass is 10.2. The predicted octanol–water partition coefficient (Wildman–Crippen LogP) is 1.80. The highest BCUT2D eigenvalue weighted by Gasteiger charge is 1.99. The van der Waals surface area contributed by atoms with Crippen molar-refractivity contribution in [1.29, 1.82) is 0 Å². The highest BCUT2D eigenvalue weighted by atomic mass is 15.4. The normalized spacial score (nSPS) is 9.85. The van der Waals surface area contributed by atoms with E-state index >= 15 is 0 Å². The molecule has 1 aromatic heterocycles. The highest BCUT2D eigenvalue weighted by Crippen LogP contribution is 2.11. The molecule has 0 unspecified atom stereocenters. The Labute approximate surface area is 76.3 Å². The standard InChI is InChI=1S/C10H9N3/c1-9(13-8-7-11-12-13)10-5-3-2-4-6-10/h2-8H,1H2. The van der Waals surface area contributed by atoms with Gasteiger partial charge in [0, 0.05) is 0 Å². The van der Waals surface area contributed by atoms with Crippen LogP contribution in [0.15, 0.2) is 49.3 Å². The van der Waals surface area contributed by atoms with E-state index in [9.17, 15) is 0 Å². The molecule has 0 N–H and O–H groups in total. The molecule has 0 bridgehead atoms. The molecule has 13 heavy (non-hydrogen) atoms. The van der Waals surface area contributed by atoms with Crippen LogP contribution in [0.3, 0.4) is 0 Å². The molecule has 1 heterocycles. The summed E-state index contributed by atoms with van der Waals surface area (Å²) in [5.74, 6) is 0. The summed E-state index contributed by atoms with van der Waals surface area (Å²) in [7, 11) is 0. The van der Waals surface area contributed by atoms with Gasteiger partial charge in [-0.15, -0.1) is 5.10 Å².